The molecule has 0 heterocycles. The molecule has 0 saturated heterocycles. The predicted molar refractivity (Wildman–Crippen MR) is 82.3 cm³/mol. The second kappa shape index (κ2) is 7.64. The van der Waals surface area contributed by atoms with E-state index in [1.54, 1.807) is 48.5 Å². The number of carbonyl (C=O) groups is 2. The minimum atomic E-state index is -1.70. The standard InChI is InChI=1S/C18H18O4/c19-15(11-13-7-3-1-4-8-13)17(21)18(22)16(20)12-14-9-5-2-6-10-14/h1-10,17-18,21-22H,11-12H2. The highest BCUT2D eigenvalue weighted by molar-refractivity contribution is 5.94. The number of aliphatic hydroxyl groups excluding tert-OH is 2. The van der Waals surface area contributed by atoms with Crippen LogP contribution < -0.4 is 0 Å². The van der Waals surface area contributed by atoms with E-state index in [1.165, 1.54) is 0 Å². The summed E-state index contributed by atoms with van der Waals surface area (Å²) in [6.45, 7) is 0. The minimum absolute atomic E-state index is 0.0162. The topological polar surface area (TPSA) is 74.6 Å². The first-order valence-corrected chi connectivity index (χ1v) is 7.07. The molecule has 0 radical (unpaired) electrons. The monoisotopic (exact) mass is 298 g/mol. The molecule has 0 aliphatic rings. The van der Waals surface area contributed by atoms with Crippen LogP contribution in [0.25, 0.3) is 0 Å². The number of hydrogen-bond donors (Lipinski definition) is 2. The molecule has 2 unspecified atom stereocenters. The first kappa shape index (κ1) is 16.1. The van der Waals surface area contributed by atoms with E-state index in [9.17, 15) is 19.8 Å². The molecule has 2 atom stereocenters. The first-order chi connectivity index (χ1) is 10.6. The van der Waals surface area contributed by atoms with Crippen LogP contribution in [0.1, 0.15) is 11.1 Å². The van der Waals surface area contributed by atoms with Crippen molar-refractivity contribution in [3.05, 3.63) is 71.8 Å². The van der Waals surface area contributed by atoms with E-state index in [-0.39, 0.29) is 12.8 Å². The zero-order valence-electron chi connectivity index (χ0n) is 12.1. The quantitative estimate of drug-likeness (QED) is 0.809. The number of carbonyl (C=O) groups excluding carboxylic acids is 2. The Labute approximate surface area is 129 Å². The Morgan fingerprint density at radius 1 is 0.682 bits per heavy atom. The first-order valence-electron chi connectivity index (χ1n) is 7.07. The fraction of sp³-hybridized carbons (Fsp3) is 0.222. The van der Waals surface area contributed by atoms with Crippen molar-refractivity contribution in [1.82, 2.24) is 0 Å². The van der Waals surface area contributed by atoms with E-state index >= 15 is 0 Å². The Hall–Kier alpha value is -2.30. The van der Waals surface area contributed by atoms with Crippen molar-refractivity contribution in [3.8, 4) is 0 Å². The molecular formula is C18H18O4. The van der Waals surface area contributed by atoms with Crippen LogP contribution in [0.3, 0.4) is 0 Å². The lowest BCUT2D eigenvalue weighted by Gasteiger charge is -2.16. The predicted octanol–water partition coefficient (Wildman–Crippen LogP) is 1.33. The fourth-order valence-corrected chi connectivity index (χ4v) is 2.16. The second-order valence-corrected chi connectivity index (χ2v) is 5.15. The van der Waals surface area contributed by atoms with Gasteiger partial charge in [-0.25, -0.2) is 0 Å². The van der Waals surface area contributed by atoms with Crippen molar-refractivity contribution in [2.75, 3.05) is 0 Å². The van der Waals surface area contributed by atoms with Gasteiger partial charge in [-0.15, -0.1) is 0 Å². The van der Waals surface area contributed by atoms with E-state index < -0.39 is 23.8 Å². The lowest BCUT2D eigenvalue weighted by molar-refractivity contribution is -0.142. The third-order valence-corrected chi connectivity index (χ3v) is 3.40. The van der Waals surface area contributed by atoms with E-state index in [0.29, 0.717) is 0 Å². The van der Waals surface area contributed by atoms with Crippen LogP contribution in [0.4, 0.5) is 0 Å². The Bertz CT molecular complexity index is 565. The van der Waals surface area contributed by atoms with Gasteiger partial charge < -0.3 is 10.2 Å². The Kier molecular flexibility index (Phi) is 5.58. The summed E-state index contributed by atoms with van der Waals surface area (Å²) in [6, 6.07) is 17.8. The molecule has 0 saturated carbocycles. The third-order valence-electron chi connectivity index (χ3n) is 3.40. The van der Waals surface area contributed by atoms with Gasteiger partial charge in [-0.2, -0.15) is 0 Å². The fourth-order valence-electron chi connectivity index (χ4n) is 2.16. The van der Waals surface area contributed by atoms with Crippen LogP contribution in [0.15, 0.2) is 60.7 Å². The van der Waals surface area contributed by atoms with E-state index in [1.807, 2.05) is 12.1 Å². The molecule has 0 amide bonds. The van der Waals surface area contributed by atoms with Gasteiger partial charge in [0.25, 0.3) is 0 Å². The number of benzene rings is 2. The van der Waals surface area contributed by atoms with Crippen LogP contribution in [0.2, 0.25) is 0 Å². The number of aliphatic hydroxyl groups is 2. The molecule has 0 aliphatic carbocycles. The maximum absolute atomic E-state index is 11.9. The number of Topliss-reactive ketones (excluding diaryl/α,β-unsaturated/α-hetero) is 2. The molecule has 2 rings (SSSR count). The second-order valence-electron chi connectivity index (χ2n) is 5.15. The summed E-state index contributed by atoms with van der Waals surface area (Å²) in [5, 5.41) is 19.8. The van der Waals surface area contributed by atoms with Crippen molar-refractivity contribution >= 4 is 11.6 Å². The molecular weight excluding hydrogens is 280 g/mol. The number of hydrogen-bond acceptors (Lipinski definition) is 4. The van der Waals surface area contributed by atoms with Gasteiger partial charge in [-0.1, -0.05) is 60.7 Å². The van der Waals surface area contributed by atoms with Crippen LogP contribution in [-0.2, 0) is 22.4 Å². The normalized spacial score (nSPS) is 13.4. The summed E-state index contributed by atoms with van der Waals surface area (Å²) in [7, 11) is 0. The largest absolute Gasteiger partial charge is 0.382 e. The zero-order chi connectivity index (χ0) is 15.9. The van der Waals surface area contributed by atoms with E-state index in [4.69, 9.17) is 0 Å². The summed E-state index contributed by atoms with van der Waals surface area (Å²) >= 11 is 0. The third kappa shape index (κ3) is 4.35. The van der Waals surface area contributed by atoms with Crippen LogP contribution in [-0.4, -0.2) is 34.0 Å². The van der Waals surface area contributed by atoms with Crippen LogP contribution in [0.5, 0.6) is 0 Å². The molecule has 4 nitrogen and oxygen atoms in total. The van der Waals surface area contributed by atoms with Crippen molar-refractivity contribution in [2.45, 2.75) is 25.0 Å². The Morgan fingerprint density at radius 2 is 1.00 bits per heavy atom. The van der Waals surface area contributed by atoms with Gasteiger partial charge in [0, 0.05) is 12.8 Å². The van der Waals surface area contributed by atoms with Crippen molar-refractivity contribution < 1.29 is 19.8 Å². The lowest BCUT2D eigenvalue weighted by atomic mass is 9.97. The highest BCUT2D eigenvalue weighted by Gasteiger charge is 2.29. The Balaban J connectivity index is 1.94. The summed E-state index contributed by atoms with van der Waals surface area (Å²) in [5.74, 6) is -1.14. The molecule has 114 valence electrons. The average Bonchev–Trinajstić information content (AvgIpc) is 2.55. The van der Waals surface area contributed by atoms with Gasteiger partial charge in [0.2, 0.25) is 0 Å². The molecule has 2 aromatic carbocycles. The highest BCUT2D eigenvalue weighted by atomic mass is 16.3. The van der Waals surface area contributed by atoms with Gasteiger partial charge in [0.15, 0.2) is 11.6 Å². The van der Waals surface area contributed by atoms with Gasteiger partial charge in [-0.3, -0.25) is 9.59 Å². The number of ketones is 2. The van der Waals surface area contributed by atoms with Gasteiger partial charge in [-0.05, 0) is 11.1 Å². The molecule has 2 N–H and O–H groups in total. The summed E-state index contributed by atoms with van der Waals surface area (Å²) in [6.07, 6.45) is -3.43. The lowest BCUT2D eigenvalue weighted by Crippen LogP contribution is -2.41. The molecule has 0 fully saturated rings. The molecule has 0 aliphatic heterocycles. The zero-order valence-corrected chi connectivity index (χ0v) is 12.1. The molecule has 0 aromatic heterocycles. The van der Waals surface area contributed by atoms with Gasteiger partial charge in [0.05, 0.1) is 0 Å². The van der Waals surface area contributed by atoms with E-state index in [0.717, 1.165) is 11.1 Å². The smallest absolute Gasteiger partial charge is 0.168 e. The SMILES string of the molecule is O=C(Cc1ccccc1)C(O)C(O)C(=O)Cc1ccccc1. The molecule has 22 heavy (non-hydrogen) atoms. The van der Waals surface area contributed by atoms with Crippen molar-refractivity contribution in [2.24, 2.45) is 0 Å². The maximum atomic E-state index is 11.9. The molecule has 0 bridgehead atoms. The highest BCUT2D eigenvalue weighted by Crippen LogP contribution is 2.08. The summed E-state index contributed by atoms with van der Waals surface area (Å²) in [4.78, 5) is 23.9. The van der Waals surface area contributed by atoms with Crippen molar-refractivity contribution in [3.63, 3.8) is 0 Å². The molecule has 0 spiro atoms. The van der Waals surface area contributed by atoms with Crippen molar-refractivity contribution in [1.29, 1.82) is 0 Å². The molecule has 2 aromatic rings. The minimum Gasteiger partial charge on any atom is -0.382 e. The van der Waals surface area contributed by atoms with Gasteiger partial charge >= 0.3 is 0 Å². The summed E-state index contributed by atoms with van der Waals surface area (Å²) in [5.41, 5.74) is 1.46. The van der Waals surface area contributed by atoms with Gasteiger partial charge in [0.1, 0.15) is 12.2 Å². The van der Waals surface area contributed by atoms with Crippen LogP contribution in [0, 0.1) is 0 Å². The average molecular weight is 298 g/mol. The number of rotatable bonds is 7. The van der Waals surface area contributed by atoms with E-state index in [2.05, 4.69) is 0 Å². The van der Waals surface area contributed by atoms with Crippen LogP contribution >= 0.6 is 0 Å². The Morgan fingerprint density at radius 3 is 1.32 bits per heavy atom. The maximum Gasteiger partial charge on any atom is 0.168 e. The summed E-state index contributed by atoms with van der Waals surface area (Å²) < 4.78 is 0. The molecule has 4 heteroatoms.